The van der Waals surface area contributed by atoms with E-state index in [-0.39, 0.29) is 24.4 Å². The predicted octanol–water partition coefficient (Wildman–Crippen LogP) is 3.02. The molecule has 0 radical (unpaired) electrons. The van der Waals surface area contributed by atoms with Crippen LogP contribution in [0.1, 0.15) is 12.0 Å². The predicted molar refractivity (Wildman–Crippen MR) is 111 cm³/mol. The number of carbonyl (C=O) groups is 1. The number of morpholine rings is 1. The van der Waals surface area contributed by atoms with Crippen molar-refractivity contribution in [3.05, 3.63) is 60.2 Å². The third-order valence-electron chi connectivity index (χ3n) is 4.15. The van der Waals surface area contributed by atoms with Gasteiger partial charge in [-0.3, -0.25) is 4.79 Å². The second-order valence-electron chi connectivity index (χ2n) is 6.39. The third kappa shape index (κ3) is 7.86. The minimum absolute atomic E-state index is 0. The molecule has 0 spiro atoms. The van der Waals surface area contributed by atoms with Crippen LogP contribution in [0.5, 0.6) is 5.75 Å². The molecule has 1 aliphatic rings. The number of amides is 1. The van der Waals surface area contributed by atoms with Crippen LogP contribution in [0.2, 0.25) is 0 Å². The lowest BCUT2D eigenvalue weighted by Crippen LogP contribution is -2.43. The van der Waals surface area contributed by atoms with Gasteiger partial charge in [0.15, 0.2) is 0 Å². The average molecular weight is 407 g/mol. The maximum Gasteiger partial charge on any atom is 0.226 e. The molecular weight excluding hydrogens is 380 g/mol. The van der Waals surface area contributed by atoms with Crippen LogP contribution in [0, 0.1) is 0 Å². The number of halogens is 1. The maximum absolute atomic E-state index is 12.2. The second kappa shape index (κ2) is 12.4. The number of anilines is 1. The number of hydrogen-bond donors (Lipinski definition) is 2. The van der Waals surface area contributed by atoms with Crippen molar-refractivity contribution in [2.75, 3.05) is 38.3 Å². The molecule has 2 aromatic rings. The zero-order chi connectivity index (χ0) is 18.7. The van der Waals surface area contributed by atoms with Gasteiger partial charge in [0, 0.05) is 24.7 Å². The van der Waals surface area contributed by atoms with E-state index in [1.165, 1.54) is 0 Å². The highest BCUT2D eigenvalue weighted by atomic mass is 35.5. The van der Waals surface area contributed by atoms with Gasteiger partial charge in [0.05, 0.1) is 26.4 Å². The first-order valence-electron chi connectivity index (χ1n) is 9.25. The van der Waals surface area contributed by atoms with E-state index in [4.69, 9.17) is 14.2 Å². The molecule has 0 saturated carbocycles. The topological polar surface area (TPSA) is 68.8 Å². The smallest absolute Gasteiger partial charge is 0.226 e. The molecule has 3 rings (SSSR count). The molecule has 2 aromatic carbocycles. The quantitative estimate of drug-likeness (QED) is 0.626. The van der Waals surface area contributed by atoms with Crippen molar-refractivity contribution in [3.8, 4) is 5.75 Å². The Balaban J connectivity index is 0.00000280. The lowest BCUT2D eigenvalue weighted by atomic mass is 10.1. The first-order valence-corrected chi connectivity index (χ1v) is 9.25. The van der Waals surface area contributed by atoms with Crippen LogP contribution in [0.4, 0.5) is 5.69 Å². The van der Waals surface area contributed by atoms with Crippen molar-refractivity contribution in [3.63, 3.8) is 0 Å². The number of nitrogens with one attached hydrogen (secondary N) is 2. The fourth-order valence-electron chi connectivity index (χ4n) is 2.85. The summed E-state index contributed by atoms with van der Waals surface area (Å²) < 4.78 is 16.6. The molecule has 1 fully saturated rings. The monoisotopic (exact) mass is 406 g/mol. The van der Waals surface area contributed by atoms with Crippen molar-refractivity contribution in [1.29, 1.82) is 0 Å². The minimum atomic E-state index is -0.0210. The summed E-state index contributed by atoms with van der Waals surface area (Å²) in [5.74, 6) is 0.816. The SMILES string of the molecule is Cl.O=C(CC1COCCN1)Nc1cccc(COCCOc2ccccc2)c1. The largest absolute Gasteiger partial charge is 0.491 e. The third-order valence-corrected chi connectivity index (χ3v) is 4.15. The number of benzene rings is 2. The Hall–Kier alpha value is -2.12. The minimum Gasteiger partial charge on any atom is -0.491 e. The lowest BCUT2D eigenvalue weighted by molar-refractivity contribution is -0.117. The van der Waals surface area contributed by atoms with Crippen molar-refractivity contribution in [2.45, 2.75) is 19.1 Å². The Labute approximate surface area is 172 Å². The lowest BCUT2D eigenvalue weighted by Gasteiger charge is -2.23. The van der Waals surface area contributed by atoms with Gasteiger partial charge in [-0.2, -0.15) is 0 Å². The highest BCUT2D eigenvalue weighted by molar-refractivity contribution is 5.91. The molecular formula is C21H27ClN2O4. The van der Waals surface area contributed by atoms with Gasteiger partial charge < -0.3 is 24.8 Å². The van der Waals surface area contributed by atoms with Gasteiger partial charge >= 0.3 is 0 Å². The molecule has 1 heterocycles. The standard InChI is InChI=1S/C21H26N2O4.ClH/c24-21(14-19-16-25-10-9-22-19)23-18-6-4-5-17(13-18)15-26-11-12-27-20-7-2-1-3-8-20;/h1-8,13,19,22H,9-12,14-16H2,(H,23,24);1H. The van der Waals surface area contributed by atoms with E-state index in [1.807, 2.05) is 54.6 Å². The first-order chi connectivity index (χ1) is 13.3. The van der Waals surface area contributed by atoms with Crippen molar-refractivity contribution in [2.24, 2.45) is 0 Å². The fraction of sp³-hybridized carbons (Fsp3) is 0.381. The van der Waals surface area contributed by atoms with Gasteiger partial charge in [-0.25, -0.2) is 0 Å². The number of para-hydroxylation sites is 1. The summed E-state index contributed by atoms with van der Waals surface area (Å²) in [6.45, 7) is 3.54. The molecule has 152 valence electrons. The summed E-state index contributed by atoms with van der Waals surface area (Å²) in [6, 6.07) is 17.4. The highest BCUT2D eigenvalue weighted by Crippen LogP contribution is 2.13. The van der Waals surface area contributed by atoms with E-state index in [1.54, 1.807) is 0 Å². The molecule has 1 amide bonds. The van der Waals surface area contributed by atoms with Crippen LogP contribution in [-0.4, -0.2) is 44.9 Å². The Morgan fingerprint density at radius 2 is 2.00 bits per heavy atom. The average Bonchev–Trinajstić information content (AvgIpc) is 2.69. The molecule has 1 atom stereocenters. The summed E-state index contributed by atoms with van der Waals surface area (Å²) in [6.07, 6.45) is 0.400. The number of rotatable bonds is 9. The zero-order valence-corrected chi connectivity index (χ0v) is 16.6. The maximum atomic E-state index is 12.2. The van der Waals surface area contributed by atoms with Gasteiger partial charge in [-0.1, -0.05) is 30.3 Å². The van der Waals surface area contributed by atoms with E-state index >= 15 is 0 Å². The Bertz CT molecular complexity index is 709. The summed E-state index contributed by atoms with van der Waals surface area (Å²) in [4.78, 5) is 12.2. The molecule has 2 N–H and O–H groups in total. The van der Waals surface area contributed by atoms with Crippen molar-refractivity contribution >= 4 is 24.0 Å². The highest BCUT2D eigenvalue weighted by Gasteiger charge is 2.16. The number of carbonyl (C=O) groups excluding carboxylic acids is 1. The van der Waals surface area contributed by atoms with Crippen molar-refractivity contribution < 1.29 is 19.0 Å². The number of hydrogen-bond acceptors (Lipinski definition) is 5. The Morgan fingerprint density at radius 3 is 2.79 bits per heavy atom. The molecule has 6 nitrogen and oxygen atoms in total. The van der Waals surface area contributed by atoms with Crippen LogP contribution < -0.4 is 15.4 Å². The summed E-state index contributed by atoms with van der Waals surface area (Å²) in [5.41, 5.74) is 1.78. The van der Waals surface area contributed by atoms with Crippen LogP contribution in [0.25, 0.3) is 0 Å². The molecule has 1 unspecified atom stereocenters. The fourth-order valence-corrected chi connectivity index (χ4v) is 2.85. The van der Waals surface area contributed by atoms with E-state index in [0.717, 1.165) is 23.5 Å². The van der Waals surface area contributed by atoms with E-state index in [2.05, 4.69) is 10.6 Å². The van der Waals surface area contributed by atoms with Crippen LogP contribution >= 0.6 is 12.4 Å². The van der Waals surface area contributed by atoms with Crippen LogP contribution in [-0.2, 0) is 20.9 Å². The van der Waals surface area contributed by atoms with Crippen LogP contribution in [0.15, 0.2) is 54.6 Å². The molecule has 0 bridgehead atoms. The van der Waals surface area contributed by atoms with Crippen LogP contribution in [0.3, 0.4) is 0 Å². The Kier molecular flexibility index (Phi) is 9.79. The summed E-state index contributed by atoms with van der Waals surface area (Å²) >= 11 is 0. The van der Waals surface area contributed by atoms with Gasteiger partial charge in [0.25, 0.3) is 0 Å². The summed E-state index contributed by atoms with van der Waals surface area (Å²) in [7, 11) is 0. The molecule has 0 aliphatic carbocycles. The number of ether oxygens (including phenoxy) is 3. The second-order valence-corrected chi connectivity index (χ2v) is 6.39. The molecule has 28 heavy (non-hydrogen) atoms. The molecule has 1 saturated heterocycles. The van der Waals surface area contributed by atoms with Gasteiger partial charge in [-0.05, 0) is 29.8 Å². The Morgan fingerprint density at radius 1 is 1.14 bits per heavy atom. The van der Waals surface area contributed by atoms with Gasteiger partial charge in [-0.15, -0.1) is 12.4 Å². The van der Waals surface area contributed by atoms with E-state index in [0.29, 0.717) is 39.5 Å². The van der Waals surface area contributed by atoms with E-state index in [9.17, 15) is 4.79 Å². The summed E-state index contributed by atoms with van der Waals surface area (Å²) in [5, 5.41) is 6.22. The molecule has 1 aliphatic heterocycles. The van der Waals surface area contributed by atoms with Gasteiger partial charge in [0.2, 0.25) is 5.91 Å². The normalized spacial score (nSPS) is 16.1. The van der Waals surface area contributed by atoms with Crippen molar-refractivity contribution in [1.82, 2.24) is 5.32 Å². The molecule has 7 heteroatoms. The zero-order valence-electron chi connectivity index (χ0n) is 15.8. The van der Waals surface area contributed by atoms with Gasteiger partial charge in [0.1, 0.15) is 12.4 Å². The van der Waals surface area contributed by atoms with E-state index < -0.39 is 0 Å². The molecule has 0 aromatic heterocycles. The first kappa shape index (κ1) is 22.2.